The number of ether oxygens (including phenoxy) is 2. The molecule has 0 spiro atoms. The molecule has 0 aliphatic rings. The summed E-state index contributed by atoms with van der Waals surface area (Å²) in [6.07, 6.45) is 3.47. The van der Waals surface area contributed by atoms with Crippen LogP contribution in [-0.2, 0) is 4.79 Å². The minimum atomic E-state index is -0.609. The average Bonchev–Trinajstić information content (AvgIpc) is 2.54. The van der Waals surface area contributed by atoms with Crippen LogP contribution in [0.15, 0.2) is 48.5 Å². The predicted octanol–water partition coefficient (Wildman–Crippen LogP) is 3.78. The number of hydrogen-bond acceptors (Lipinski definition) is 4. The third-order valence-electron chi connectivity index (χ3n) is 2.84. The molecule has 0 aliphatic carbocycles. The summed E-state index contributed by atoms with van der Waals surface area (Å²) >= 11 is 5.79. The largest absolute Gasteiger partial charge is 0.493 e. The van der Waals surface area contributed by atoms with Crippen molar-refractivity contribution in [3.63, 3.8) is 0 Å². The monoisotopic (exact) mass is 316 g/mol. The highest BCUT2D eigenvalue weighted by atomic mass is 35.5. The van der Waals surface area contributed by atoms with E-state index in [-0.39, 0.29) is 11.3 Å². The van der Waals surface area contributed by atoms with Gasteiger partial charge in [0.2, 0.25) is 0 Å². The fourth-order valence-corrected chi connectivity index (χ4v) is 1.89. The van der Waals surface area contributed by atoms with Crippen molar-refractivity contribution in [3.8, 4) is 11.5 Å². The second-order valence-electron chi connectivity index (χ2n) is 4.30. The van der Waals surface area contributed by atoms with E-state index in [2.05, 4.69) is 0 Å². The normalized spacial score (nSPS) is 10.5. The van der Waals surface area contributed by atoms with E-state index in [1.807, 2.05) is 0 Å². The molecule has 4 nitrogen and oxygen atoms in total. The number of halogens is 1. The maximum Gasteiger partial charge on any atom is 0.336 e. The minimum Gasteiger partial charge on any atom is -0.493 e. The maximum atomic E-state index is 11.9. The van der Waals surface area contributed by atoms with Gasteiger partial charge in [0.25, 0.3) is 0 Å². The number of esters is 1. The van der Waals surface area contributed by atoms with Gasteiger partial charge in [0.1, 0.15) is 0 Å². The van der Waals surface area contributed by atoms with Gasteiger partial charge in [-0.25, -0.2) is 4.79 Å². The molecule has 5 heteroatoms. The van der Waals surface area contributed by atoms with Gasteiger partial charge in [-0.2, -0.15) is 0 Å². The lowest BCUT2D eigenvalue weighted by Crippen LogP contribution is -2.07. The quantitative estimate of drug-likeness (QED) is 0.364. The molecular formula is C17H13ClO4. The standard InChI is InChI=1S/C17H13ClO4/c1-21-15-4-2-3-13(11-19)17(15)22-16(20)10-7-12-5-8-14(18)9-6-12/h2-11H,1H3/b10-7+. The highest BCUT2D eigenvalue weighted by Crippen LogP contribution is 2.30. The number of methoxy groups -OCH3 is 1. The van der Waals surface area contributed by atoms with Gasteiger partial charge in [-0.3, -0.25) is 4.79 Å². The third-order valence-corrected chi connectivity index (χ3v) is 3.09. The summed E-state index contributed by atoms with van der Waals surface area (Å²) in [5.41, 5.74) is 1.05. The topological polar surface area (TPSA) is 52.6 Å². The van der Waals surface area contributed by atoms with Crippen molar-refractivity contribution in [2.45, 2.75) is 0 Å². The first kappa shape index (κ1) is 15.8. The molecule has 0 amide bonds. The summed E-state index contributed by atoms with van der Waals surface area (Å²) in [6, 6.07) is 11.8. The zero-order valence-electron chi connectivity index (χ0n) is 11.8. The molecule has 0 fully saturated rings. The van der Waals surface area contributed by atoms with Gasteiger partial charge in [-0.1, -0.05) is 29.8 Å². The van der Waals surface area contributed by atoms with E-state index in [0.717, 1.165) is 5.56 Å². The van der Waals surface area contributed by atoms with Crippen LogP contribution in [0.3, 0.4) is 0 Å². The highest BCUT2D eigenvalue weighted by Gasteiger charge is 2.12. The Kier molecular flexibility index (Phi) is 5.33. The van der Waals surface area contributed by atoms with Crippen LogP contribution in [0.4, 0.5) is 0 Å². The molecule has 0 bridgehead atoms. The Balaban J connectivity index is 2.15. The molecule has 112 valence electrons. The van der Waals surface area contributed by atoms with E-state index in [9.17, 15) is 9.59 Å². The summed E-state index contributed by atoms with van der Waals surface area (Å²) in [5, 5.41) is 0.615. The first-order valence-corrected chi connectivity index (χ1v) is 6.79. The Morgan fingerprint density at radius 3 is 2.50 bits per heavy atom. The molecule has 0 unspecified atom stereocenters. The number of para-hydroxylation sites is 1. The third kappa shape index (κ3) is 3.96. The van der Waals surface area contributed by atoms with Crippen molar-refractivity contribution < 1.29 is 19.1 Å². The molecule has 2 aromatic carbocycles. The number of aldehydes is 1. The summed E-state index contributed by atoms with van der Waals surface area (Å²) in [7, 11) is 1.44. The van der Waals surface area contributed by atoms with Crippen molar-refractivity contribution in [1.29, 1.82) is 0 Å². The lowest BCUT2D eigenvalue weighted by Gasteiger charge is -2.09. The highest BCUT2D eigenvalue weighted by molar-refractivity contribution is 6.30. The van der Waals surface area contributed by atoms with Crippen LogP contribution in [0.1, 0.15) is 15.9 Å². The number of carbonyl (C=O) groups excluding carboxylic acids is 2. The Bertz CT molecular complexity index is 705. The van der Waals surface area contributed by atoms with Gasteiger partial charge in [0.05, 0.1) is 12.7 Å². The van der Waals surface area contributed by atoms with E-state index >= 15 is 0 Å². The van der Waals surface area contributed by atoms with E-state index < -0.39 is 5.97 Å². The molecule has 0 saturated carbocycles. The summed E-state index contributed by atoms with van der Waals surface area (Å²) < 4.78 is 10.3. The smallest absolute Gasteiger partial charge is 0.336 e. The molecule has 22 heavy (non-hydrogen) atoms. The molecule has 2 rings (SSSR count). The number of rotatable bonds is 5. The Hall–Kier alpha value is -2.59. The van der Waals surface area contributed by atoms with Gasteiger partial charge < -0.3 is 9.47 Å². The zero-order valence-corrected chi connectivity index (χ0v) is 12.5. The van der Waals surface area contributed by atoms with E-state index in [4.69, 9.17) is 21.1 Å². The van der Waals surface area contributed by atoms with Crippen LogP contribution >= 0.6 is 11.6 Å². The summed E-state index contributed by atoms with van der Waals surface area (Å²) in [5.74, 6) is -0.189. The molecular weight excluding hydrogens is 304 g/mol. The molecule has 0 aliphatic heterocycles. The molecule has 0 aromatic heterocycles. The van der Waals surface area contributed by atoms with Gasteiger partial charge >= 0.3 is 5.97 Å². The van der Waals surface area contributed by atoms with Crippen LogP contribution in [0.25, 0.3) is 6.08 Å². The number of hydrogen-bond donors (Lipinski definition) is 0. The fourth-order valence-electron chi connectivity index (χ4n) is 1.77. The second-order valence-corrected chi connectivity index (χ2v) is 4.74. The van der Waals surface area contributed by atoms with Gasteiger partial charge in [0.15, 0.2) is 17.8 Å². The van der Waals surface area contributed by atoms with Crippen molar-refractivity contribution in [3.05, 3.63) is 64.7 Å². The first-order chi connectivity index (χ1) is 10.6. The van der Waals surface area contributed by atoms with Crippen molar-refractivity contribution >= 4 is 29.9 Å². The summed E-state index contributed by atoms with van der Waals surface area (Å²) in [6.45, 7) is 0. The summed E-state index contributed by atoms with van der Waals surface area (Å²) in [4.78, 5) is 22.9. The van der Waals surface area contributed by atoms with Crippen molar-refractivity contribution in [1.82, 2.24) is 0 Å². The Labute approximate surface area is 132 Å². The van der Waals surface area contributed by atoms with Gasteiger partial charge in [-0.15, -0.1) is 0 Å². The van der Waals surface area contributed by atoms with Gasteiger partial charge in [-0.05, 0) is 35.9 Å². The SMILES string of the molecule is COc1cccc(C=O)c1OC(=O)/C=C/c1ccc(Cl)cc1. The molecule has 0 atom stereocenters. The second kappa shape index (κ2) is 7.43. The Morgan fingerprint density at radius 1 is 1.14 bits per heavy atom. The van der Waals surface area contributed by atoms with Crippen LogP contribution in [0, 0.1) is 0 Å². The van der Waals surface area contributed by atoms with Crippen molar-refractivity contribution in [2.24, 2.45) is 0 Å². The lowest BCUT2D eigenvalue weighted by atomic mass is 10.2. The van der Waals surface area contributed by atoms with Crippen LogP contribution in [-0.4, -0.2) is 19.4 Å². The number of carbonyl (C=O) groups is 2. The zero-order chi connectivity index (χ0) is 15.9. The van der Waals surface area contributed by atoms with Gasteiger partial charge in [0, 0.05) is 11.1 Å². The Morgan fingerprint density at radius 2 is 1.86 bits per heavy atom. The van der Waals surface area contributed by atoms with Crippen LogP contribution < -0.4 is 9.47 Å². The van der Waals surface area contributed by atoms with E-state index in [1.54, 1.807) is 48.5 Å². The molecule has 0 N–H and O–H groups in total. The first-order valence-electron chi connectivity index (χ1n) is 6.41. The minimum absolute atomic E-state index is 0.103. The van der Waals surface area contributed by atoms with Crippen LogP contribution in [0.2, 0.25) is 5.02 Å². The number of benzene rings is 2. The molecule has 0 radical (unpaired) electrons. The lowest BCUT2D eigenvalue weighted by molar-refractivity contribution is -0.129. The molecule has 0 heterocycles. The molecule has 2 aromatic rings. The maximum absolute atomic E-state index is 11.9. The van der Waals surface area contributed by atoms with E-state index in [0.29, 0.717) is 17.1 Å². The van der Waals surface area contributed by atoms with Crippen molar-refractivity contribution in [2.75, 3.05) is 7.11 Å². The van der Waals surface area contributed by atoms with Crippen LogP contribution in [0.5, 0.6) is 11.5 Å². The van der Waals surface area contributed by atoms with E-state index in [1.165, 1.54) is 13.2 Å². The molecule has 0 saturated heterocycles. The fraction of sp³-hybridized carbons (Fsp3) is 0.0588. The predicted molar refractivity (Wildman–Crippen MR) is 84.5 cm³/mol. The average molecular weight is 317 g/mol.